The minimum atomic E-state index is -3.88. The first-order valence-electron chi connectivity index (χ1n) is 9.68. The molecule has 1 aliphatic carbocycles. The molecular weight excluding hydrogens is 418 g/mol. The molecule has 4 rings (SSSR count). The zero-order valence-corrected chi connectivity index (χ0v) is 18.4. The minimum absolute atomic E-state index is 0.00774. The van der Waals surface area contributed by atoms with Crippen LogP contribution in [0, 0.1) is 13.8 Å². The van der Waals surface area contributed by atoms with E-state index in [4.69, 9.17) is 0 Å². The van der Waals surface area contributed by atoms with Crippen molar-refractivity contribution in [1.29, 1.82) is 0 Å². The Kier molecular flexibility index (Phi) is 5.30. The van der Waals surface area contributed by atoms with Gasteiger partial charge in [-0.3, -0.25) is 0 Å². The lowest BCUT2D eigenvalue weighted by Crippen LogP contribution is -2.35. The Bertz CT molecular complexity index is 1290. The first-order chi connectivity index (χ1) is 14.2. The van der Waals surface area contributed by atoms with Crippen LogP contribution in [0.2, 0.25) is 0 Å². The summed E-state index contributed by atoms with van der Waals surface area (Å²) in [5.41, 5.74) is 3.72. The van der Waals surface area contributed by atoms with Crippen LogP contribution in [-0.2, 0) is 32.7 Å². The van der Waals surface area contributed by atoms with Crippen molar-refractivity contribution in [2.45, 2.75) is 47.4 Å². The van der Waals surface area contributed by atoms with Gasteiger partial charge in [-0.15, -0.1) is 0 Å². The fourth-order valence-electron chi connectivity index (χ4n) is 3.82. The molecule has 1 N–H and O–H groups in total. The van der Waals surface area contributed by atoms with Crippen molar-refractivity contribution in [3.63, 3.8) is 0 Å². The SMILES string of the molecule is Cc1ccc(S(=O)(=O)c2ccc(C)c(S(=O)(=O)NC3Cc4ccccc4C3)c2)cc1. The van der Waals surface area contributed by atoms with E-state index in [0.717, 1.165) is 16.7 Å². The molecule has 3 aromatic rings. The van der Waals surface area contributed by atoms with Gasteiger partial charge in [0.15, 0.2) is 0 Å². The molecule has 7 heteroatoms. The molecule has 0 bridgehead atoms. The first-order valence-corrected chi connectivity index (χ1v) is 12.6. The van der Waals surface area contributed by atoms with E-state index in [-0.39, 0.29) is 20.7 Å². The van der Waals surface area contributed by atoms with Crippen molar-refractivity contribution in [2.24, 2.45) is 0 Å². The van der Waals surface area contributed by atoms with E-state index in [1.807, 2.05) is 31.2 Å². The summed E-state index contributed by atoms with van der Waals surface area (Å²) in [6, 6.07) is 18.4. The fraction of sp³-hybridized carbons (Fsp3) is 0.217. The van der Waals surface area contributed by atoms with Crippen molar-refractivity contribution >= 4 is 19.9 Å². The van der Waals surface area contributed by atoms with Crippen molar-refractivity contribution in [3.8, 4) is 0 Å². The van der Waals surface area contributed by atoms with E-state index in [9.17, 15) is 16.8 Å². The van der Waals surface area contributed by atoms with Gasteiger partial charge in [-0.2, -0.15) is 0 Å². The third-order valence-electron chi connectivity index (χ3n) is 5.46. The van der Waals surface area contributed by atoms with Gasteiger partial charge in [0.1, 0.15) is 0 Å². The fourth-order valence-corrected chi connectivity index (χ4v) is 6.68. The van der Waals surface area contributed by atoms with Crippen LogP contribution in [0.5, 0.6) is 0 Å². The Morgan fingerprint density at radius 2 is 1.33 bits per heavy atom. The molecule has 0 radical (unpaired) electrons. The van der Waals surface area contributed by atoms with Crippen LogP contribution >= 0.6 is 0 Å². The molecule has 0 spiro atoms. The number of benzene rings is 3. The Morgan fingerprint density at radius 1 is 0.767 bits per heavy atom. The topological polar surface area (TPSA) is 80.3 Å². The van der Waals surface area contributed by atoms with Gasteiger partial charge in [-0.1, -0.05) is 48.0 Å². The molecule has 0 amide bonds. The molecular formula is C23H23NO4S2. The van der Waals surface area contributed by atoms with Gasteiger partial charge < -0.3 is 0 Å². The Labute approximate surface area is 177 Å². The van der Waals surface area contributed by atoms with E-state index >= 15 is 0 Å². The second kappa shape index (κ2) is 7.65. The Balaban J connectivity index is 1.65. The molecule has 0 aliphatic heterocycles. The van der Waals surface area contributed by atoms with Gasteiger partial charge in [-0.25, -0.2) is 21.6 Å². The molecule has 0 aromatic heterocycles. The lowest BCUT2D eigenvalue weighted by molar-refractivity contribution is 0.555. The first kappa shape index (κ1) is 20.8. The van der Waals surface area contributed by atoms with Crippen LogP contribution in [0.15, 0.2) is 81.4 Å². The van der Waals surface area contributed by atoms with Gasteiger partial charge in [0.25, 0.3) is 0 Å². The second-order valence-corrected chi connectivity index (χ2v) is 11.4. The van der Waals surface area contributed by atoms with Crippen LogP contribution in [0.1, 0.15) is 22.3 Å². The summed E-state index contributed by atoms with van der Waals surface area (Å²) in [4.78, 5) is 0.0955. The average molecular weight is 442 g/mol. The van der Waals surface area contributed by atoms with Gasteiger partial charge in [0.05, 0.1) is 14.7 Å². The summed E-state index contributed by atoms with van der Waals surface area (Å²) in [6.07, 6.45) is 1.24. The molecule has 0 saturated carbocycles. The predicted molar refractivity (Wildman–Crippen MR) is 116 cm³/mol. The summed E-state index contributed by atoms with van der Waals surface area (Å²) in [6.45, 7) is 3.54. The molecule has 30 heavy (non-hydrogen) atoms. The highest BCUT2D eigenvalue weighted by Gasteiger charge is 2.28. The molecule has 156 valence electrons. The highest BCUT2D eigenvalue weighted by molar-refractivity contribution is 7.91. The highest BCUT2D eigenvalue weighted by atomic mass is 32.2. The van der Waals surface area contributed by atoms with E-state index in [1.165, 1.54) is 24.3 Å². The van der Waals surface area contributed by atoms with Crippen LogP contribution in [0.4, 0.5) is 0 Å². The maximum Gasteiger partial charge on any atom is 0.241 e. The number of sulfone groups is 1. The molecule has 0 unspecified atom stereocenters. The lowest BCUT2D eigenvalue weighted by Gasteiger charge is -2.15. The quantitative estimate of drug-likeness (QED) is 0.656. The molecule has 3 aromatic carbocycles. The van der Waals surface area contributed by atoms with Crippen LogP contribution < -0.4 is 4.72 Å². The Morgan fingerprint density at radius 3 is 1.93 bits per heavy atom. The molecule has 0 fully saturated rings. The maximum absolute atomic E-state index is 13.1. The minimum Gasteiger partial charge on any atom is -0.219 e. The van der Waals surface area contributed by atoms with Crippen molar-refractivity contribution < 1.29 is 16.8 Å². The number of hydrogen-bond donors (Lipinski definition) is 1. The lowest BCUT2D eigenvalue weighted by atomic mass is 10.1. The summed E-state index contributed by atoms with van der Waals surface area (Å²) in [5, 5.41) is 0. The molecule has 1 aliphatic rings. The van der Waals surface area contributed by atoms with Crippen LogP contribution in [-0.4, -0.2) is 22.9 Å². The standard InChI is InChI=1S/C23H23NO4S2/c1-16-7-10-21(11-8-16)29(25,26)22-12-9-17(2)23(15-22)30(27,28)24-20-13-18-5-3-4-6-19(18)14-20/h3-12,15,20,24H,13-14H2,1-2H3. The maximum atomic E-state index is 13.1. The summed E-state index contributed by atoms with van der Waals surface area (Å²) in [5.74, 6) is 0. The van der Waals surface area contributed by atoms with E-state index in [1.54, 1.807) is 25.1 Å². The van der Waals surface area contributed by atoms with Gasteiger partial charge >= 0.3 is 0 Å². The van der Waals surface area contributed by atoms with Gasteiger partial charge in [0.2, 0.25) is 19.9 Å². The third-order valence-corrected chi connectivity index (χ3v) is 8.89. The van der Waals surface area contributed by atoms with Crippen molar-refractivity contribution in [3.05, 3.63) is 89.0 Å². The monoisotopic (exact) mass is 441 g/mol. The van der Waals surface area contributed by atoms with Gasteiger partial charge in [-0.05, 0) is 67.6 Å². The van der Waals surface area contributed by atoms with Crippen LogP contribution in [0.25, 0.3) is 0 Å². The smallest absolute Gasteiger partial charge is 0.219 e. The molecule has 0 atom stereocenters. The Hall–Kier alpha value is -2.48. The normalized spacial score (nSPS) is 14.6. The summed E-state index contributed by atoms with van der Waals surface area (Å²) < 4.78 is 55.0. The zero-order chi connectivity index (χ0) is 21.5. The number of fused-ring (bicyclic) bond motifs is 1. The van der Waals surface area contributed by atoms with Crippen molar-refractivity contribution in [1.82, 2.24) is 4.72 Å². The number of rotatable bonds is 5. The summed E-state index contributed by atoms with van der Waals surface area (Å²) in [7, 11) is -7.70. The zero-order valence-electron chi connectivity index (χ0n) is 16.8. The second-order valence-electron chi connectivity index (χ2n) is 7.74. The molecule has 0 heterocycles. The van der Waals surface area contributed by atoms with Crippen LogP contribution in [0.3, 0.4) is 0 Å². The van der Waals surface area contributed by atoms with E-state index in [0.29, 0.717) is 18.4 Å². The highest BCUT2D eigenvalue weighted by Crippen LogP contribution is 2.27. The van der Waals surface area contributed by atoms with E-state index < -0.39 is 19.9 Å². The predicted octanol–water partition coefficient (Wildman–Crippen LogP) is 3.58. The largest absolute Gasteiger partial charge is 0.241 e. The van der Waals surface area contributed by atoms with E-state index in [2.05, 4.69) is 4.72 Å². The number of sulfonamides is 1. The summed E-state index contributed by atoms with van der Waals surface area (Å²) >= 11 is 0. The molecule has 5 nitrogen and oxygen atoms in total. The molecule has 0 saturated heterocycles. The van der Waals surface area contributed by atoms with Gasteiger partial charge in [0, 0.05) is 6.04 Å². The number of hydrogen-bond acceptors (Lipinski definition) is 4. The number of aryl methyl sites for hydroxylation is 2. The van der Waals surface area contributed by atoms with Crippen molar-refractivity contribution in [2.75, 3.05) is 0 Å². The average Bonchev–Trinajstić information content (AvgIpc) is 3.09. The third kappa shape index (κ3) is 3.93. The number of nitrogens with one attached hydrogen (secondary N) is 1.